The van der Waals surface area contributed by atoms with Crippen LogP contribution in [0.3, 0.4) is 0 Å². The predicted molar refractivity (Wildman–Crippen MR) is 152 cm³/mol. The molecule has 0 aromatic heterocycles. The Balaban J connectivity index is 0.00000380. The van der Waals surface area contributed by atoms with Crippen molar-refractivity contribution in [3.05, 3.63) is 131 Å². The van der Waals surface area contributed by atoms with Gasteiger partial charge in [0.1, 0.15) is 13.2 Å². The summed E-state index contributed by atoms with van der Waals surface area (Å²) in [7, 11) is 0. The summed E-state index contributed by atoms with van der Waals surface area (Å²) in [4.78, 5) is 13.5. The topological polar surface area (TPSA) is 47.6 Å². The SMILES string of the molecule is CCC(NC(C)c1ccccc1)C(=O)c1ccc(OCc2ccccc2)c(OCc2ccccc2)c1.Cl. The van der Waals surface area contributed by atoms with Crippen LogP contribution in [0.15, 0.2) is 109 Å². The van der Waals surface area contributed by atoms with E-state index in [2.05, 4.69) is 24.4 Å². The quantitative estimate of drug-likeness (QED) is 0.197. The van der Waals surface area contributed by atoms with E-state index in [-0.39, 0.29) is 30.3 Å². The molecule has 192 valence electrons. The molecule has 0 fully saturated rings. The summed E-state index contributed by atoms with van der Waals surface area (Å²) in [6.45, 7) is 4.92. The first-order valence-corrected chi connectivity index (χ1v) is 12.5. The fraction of sp³-hybridized carbons (Fsp3) is 0.219. The van der Waals surface area contributed by atoms with Crippen LogP contribution in [0.25, 0.3) is 0 Å². The Kier molecular flexibility index (Phi) is 10.8. The number of carbonyl (C=O) groups is 1. The van der Waals surface area contributed by atoms with Gasteiger partial charge >= 0.3 is 0 Å². The summed E-state index contributed by atoms with van der Waals surface area (Å²) in [5.74, 6) is 1.22. The van der Waals surface area contributed by atoms with Crippen LogP contribution >= 0.6 is 12.4 Å². The lowest BCUT2D eigenvalue weighted by Crippen LogP contribution is -2.37. The number of halogens is 1. The number of Topliss-reactive ketones (excluding diaryl/α,β-unsaturated/α-hetero) is 1. The second-order valence-corrected chi connectivity index (χ2v) is 8.83. The third-order valence-corrected chi connectivity index (χ3v) is 6.18. The molecule has 37 heavy (non-hydrogen) atoms. The number of hydrogen-bond acceptors (Lipinski definition) is 4. The van der Waals surface area contributed by atoms with E-state index in [0.717, 1.165) is 16.7 Å². The molecular weight excluding hydrogens is 482 g/mol. The fourth-order valence-corrected chi connectivity index (χ4v) is 4.08. The number of hydrogen-bond donors (Lipinski definition) is 1. The highest BCUT2D eigenvalue weighted by molar-refractivity contribution is 6.00. The van der Waals surface area contributed by atoms with Crippen LogP contribution in [-0.4, -0.2) is 11.8 Å². The van der Waals surface area contributed by atoms with Crippen LogP contribution in [0.2, 0.25) is 0 Å². The summed E-state index contributed by atoms with van der Waals surface area (Å²) in [6, 6.07) is 35.4. The molecule has 0 radical (unpaired) electrons. The highest BCUT2D eigenvalue weighted by Gasteiger charge is 2.22. The average molecular weight is 516 g/mol. The van der Waals surface area contributed by atoms with E-state index in [1.165, 1.54) is 0 Å². The largest absolute Gasteiger partial charge is 0.485 e. The van der Waals surface area contributed by atoms with Gasteiger partial charge in [0.05, 0.1) is 6.04 Å². The van der Waals surface area contributed by atoms with Crippen molar-refractivity contribution in [2.24, 2.45) is 0 Å². The first-order valence-electron chi connectivity index (χ1n) is 12.5. The zero-order valence-electron chi connectivity index (χ0n) is 21.3. The van der Waals surface area contributed by atoms with Crippen molar-refractivity contribution < 1.29 is 14.3 Å². The molecule has 0 saturated heterocycles. The minimum Gasteiger partial charge on any atom is -0.485 e. The van der Waals surface area contributed by atoms with E-state index in [1.54, 1.807) is 0 Å². The third-order valence-electron chi connectivity index (χ3n) is 6.18. The Bertz CT molecular complexity index is 1230. The van der Waals surface area contributed by atoms with Gasteiger partial charge in [-0.15, -0.1) is 12.4 Å². The highest BCUT2D eigenvalue weighted by atomic mass is 35.5. The van der Waals surface area contributed by atoms with Gasteiger partial charge < -0.3 is 14.8 Å². The second-order valence-electron chi connectivity index (χ2n) is 8.83. The number of carbonyl (C=O) groups excluding carboxylic acids is 1. The van der Waals surface area contributed by atoms with E-state index in [1.807, 2.05) is 104 Å². The number of nitrogens with one attached hydrogen (secondary N) is 1. The molecule has 0 aliphatic heterocycles. The lowest BCUT2D eigenvalue weighted by molar-refractivity contribution is 0.0933. The van der Waals surface area contributed by atoms with Crippen molar-refractivity contribution >= 4 is 18.2 Å². The molecule has 0 bridgehead atoms. The lowest BCUT2D eigenvalue weighted by atomic mass is 9.99. The van der Waals surface area contributed by atoms with Crippen molar-refractivity contribution in [2.75, 3.05) is 0 Å². The molecule has 0 saturated carbocycles. The van der Waals surface area contributed by atoms with Gasteiger partial charge in [-0.25, -0.2) is 0 Å². The average Bonchev–Trinajstić information content (AvgIpc) is 2.95. The maximum atomic E-state index is 13.5. The summed E-state index contributed by atoms with van der Waals surface area (Å²) in [6.07, 6.45) is 0.683. The van der Waals surface area contributed by atoms with Crippen LogP contribution in [0.5, 0.6) is 11.5 Å². The number of ether oxygens (including phenoxy) is 2. The van der Waals surface area contributed by atoms with E-state index in [4.69, 9.17) is 9.47 Å². The van der Waals surface area contributed by atoms with Gasteiger partial charge in [0.25, 0.3) is 0 Å². The molecule has 0 aliphatic carbocycles. The Morgan fingerprint density at radius 3 is 1.78 bits per heavy atom. The monoisotopic (exact) mass is 515 g/mol. The molecule has 0 amide bonds. The van der Waals surface area contributed by atoms with Crippen LogP contribution in [0.4, 0.5) is 0 Å². The molecule has 5 heteroatoms. The van der Waals surface area contributed by atoms with Gasteiger partial charge in [-0.1, -0.05) is 97.9 Å². The third kappa shape index (κ3) is 7.94. The second kappa shape index (κ2) is 14.2. The minimum atomic E-state index is -0.307. The van der Waals surface area contributed by atoms with Crippen LogP contribution in [-0.2, 0) is 13.2 Å². The Morgan fingerprint density at radius 2 is 1.24 bits per heavy atom. The minimum absolute atomic E-state index is 0. The van der Waals surface area contributed by atoms with E-state index >= 15 is 0 Å². The van der Waals surface area contributed by atoms with Crippen molar-refractivity contribution in [1.82, 2.24) is 5.32 Å². The first-order chi connectivity index (χ1) is 17.6. The van der Waals surface area contributed by atoms with Gasteiger partial charge in [0.2, 0.25) is 0 Å². The lowest BCUT2D eigenvalue weighted by Gasteiger charge is -2.22. The Labute approximate surface area is 226 Å². The summed E-state index contributed by atoms with van der Waals surface area (Å²) in [5.41, 5.74) is 3.87. The van der Waals surface area contributed by atoms with Crippen LogP contribution in [0.1, 0.15) is 53.4 Å². The molecule has 4 rings (SSSR count). The molecule has 2 unspecified atom stereocenters. The van der Waals surface area contributed by atoms with E-state index < -0.39 is 0 Å². The van der Waals surface area contributed by atoms with Crippen LogP contribution < -0.4 is 14.8 Å². The number of ketones is 1. The highest BCUT2D eigenvalue weighted by Crippen LogP contribution is 2.31. The van der Waals surface area contributed by atoms with Gasteiger partial charge in [0, 0.05) is 11.6 Å². The Morgan fingerprint density at radius 1 is 0.730 bits per heavy atom. The number of benzene rings is 4. The normalized spacial score (nSPS) is 12.2. The van der Waals surface area contributed by atoms with Gasteiger partial charge in [0.15, 0.2) is 17.3 Å². The molecule has 0 heterocycles. The first kappa shape index (κ1) is 28.0. The maximum absolute atomic E-state index is 13.5. The maximum Gasteiger partial charge on any atom is 0.179 e. The number of rotatable bonds is 12. The summed E-state index contributed by atoms with van der Waals surface area (Å²) >= 11 is 0. The molecule has 4 aromatic rings. The van der Waals surface area contributed by atoms with Gasteiger partial charge in [-0.2, -0.15) is 0 Å². The molecule has 2 atom stereocenters. The van der Waals surface area contributed by atoms with Gasteiger partial charge in [-0.05, 0) is 48.2 Å². The van der Waals surface area contributed by atoms with Crippen molar-refractivity contribution in [3.8, 4) is 11.5 Å². The fourth-order valence-electron chi connectivity index (χ4n) is 4.08. The zero-order valence-corrected chi connectivity index (χ0v) is 22.1. The predicted octanol–water partition coefficient (Wildman–Crippen LogP) is 7.58. The van der Waals surface area contributed by atoms with E-state index in [9.17, 15) is 4.79 Å². The van der Waals surface area contributed by atoms with Crippen molar-refractivity contribution in [3.63, 3.8) is 0 Å². The molecule has 1 N–H and O–H groups in total. The van der Waals surface area contributed by atoms with E-state index in [0.29, 0.717) is 36.7 Å². The zero-order chi connectivity index (χ0) is 25.2. The Hall–Kier alpha value is -3.60. The van der Waals surface area contributed by atoms with Crippen molar-refractivity contribution in [1.29, 1.82) is 0 Å². The molecule has 0 aliphatic rings. The summed E-state index contributed by atoms with van der Waals surface area (Å²) in [5, 5.41) is 3.50. The molecule has 0 spiro atoms. The van der Waals surface area contributed by atoms with Crippen molar-refractivity contribution in [2.45, 2.75) is 45.6 Å². The van der Waals surface area contributed by atoms with Crippen LogP contribution in [0, 0.1) is 0 Å². The molecule has 4 aromatic carbocycles. The molecule has 4 nitrogen and oxygen atoms in total. The summed E-state index contributed by atoms with van der Waals surface area (Å²) < 4.78 is 12.3. The molecular formula is C32H34ClNO3. The van der Waals surface area contributed by atoms with Gasteiger partial charge in [-0.3, -0.25) is 4.79 Å². The smallest absolute Gasteiger partial charge is 0.179 e. The standard InChI is InChI=1S/C32H33NO3.ClH/c1-3-29(33-24(2)27-17-11-6-12-18-27)32(34)28-19-20-30(35-22-25-13-7-4-8-14-25)31(21-28)36-23-26-15-9-5-10-16-26;/h4-21,24,29,33H,3,22-23H2,1-2H3;1H.